The van der Waals surface area contributed by atoms with Crippen molar-refractivity contribution in [1.82, 2.24) is 14.8 Å². The Bertz CT molecular complexity index is 746. The molecule has 3 rings (SSSR count). The average molecular weight is 407 g/mol. The fourth-order valence-corrected chi connectivity index (χ4v) is 3.27. The molecule has 3 aromatic rings. The van der Waals surface area contributed by atoms with Gasteiger partial charge in [0.2, 0.25) is 0 Å². The predicted octanol–water partition coefficient (Wildman–Crippen LogP) is 4.90. The summed E-state index contributed by atoms with van der Waals surface area (Å²) in [7, 11) is 0. The zero-order valence-corrected chi connectivity index (χ0v) is 14.6. The summed E-state index contributed by atoms with van der Waals surface area (Å²) in [6.07, 6.45) is 0. The van der Waals surface area contributed by atoms with Gasteiger partial charge < -0.3 is 0 Å². The third-order valence-electron chi connectivity index (χ3n) is 3.16. The van der Waals surface area contributed by atoms with Crippen LogP contribution in [0.1, 0.15) is 11.4 Å². The summed E-state index contributed by atoms with van der Waals surface area (Å²) in [5.41, 5.74) is 3.29. The summed E-state index contributed by atoms with van der Waals surface area (Å²) in [5.74, 6) is 1.73. The van der Waals surface area contributed by atoms with Crippen LogP contribution < -0.4 is 0 Å². The summed E-state index contributed by atoms with van der Waals surface area (Å²) >= 11 is 7.04. The van der Waals surface area contributed by atoms with Gasteiger partial charge in [-0.3, -0.25) is 4.57 Å². The Morgan fingerprint density at radius 1 is 1.05 bits per heavy atom. The highest BCUT2D eigenvalue weighted by atomic mass is 79.9. The van der Waals surface area contributed by atoms with E-state index in [4.69, 9.17) is 0 Å². The van der Waals surface area contributed by atoms with Crippen molar-refractivity contribution in [1.29, 1.82) is 0 Å². The molecule has 1 aromatic heterocycles. The van der Waals surface area contributed by atoms with E-state index in [2.05, 4.69) is 83.9 Å². The maximum atomic E-state index is 4.38. The zero-order valence-electron chi connectivity index (χ0n) is 11.4. The van der Waals surface area contributed by atoms with Crippen LogP contribution in [-0.2, 0) is 5.33 Å². The van der Waals surface area contributed by atoms with Gasteiger partial charge in [-0.05, 0) is 42.8 Å². The number of para-hydroxylation sites is 1. The molecule has 1 heterocycles. The number of aryl methyl sites for hydroxylation is 1. The minimum atomic E-state index is 0.655. The smallest absolute Gasteiger partial charge is 0.168 e. The van der Waals surface area contributed by atoms with Crippen LogP contribution in [0.25, 0.3) is 17.1 Å². The van der Waals surface area contributed by atoms with Gasteiger partial charge in [-0.25, -0.2) is 0 Å². The normalized spacial score (nSPS) is 10.8. The van der Waals surface area contributed by atoms with Crippen LogP contribution in [0.3, 0.4) is 0 Å². The molecule has 0 bridgehead atoms. The number of nitrogens with zero attached hydrogens (tertiary/aromatic N) is 3. The first-order valence-corrected chi connectivity index (χ1v) is 8.44. The van der Waals surface area contributed by atoms with Crippen molar-refractivity contribution >= 4 is 31.9 Å². The quantitative estimate of drug-likeness (QED) is 0.579. The molecule has 0 unspecified atom stereocenters. The topological polar surface area (TPSA) is 30.7 Å². The molecule has 0 spiro atoms. The first-order valence-electron chi connectivity index (χ1n) is 6.52. The Labute approximate surface area is 140 Å². The number of aromatic nitrogens is 3. The number of rotatable bonds is 3. The summed E-state index contributed by atoms with van der Waals surface area (Å²) in [6, 6.07) is 16.4. The van der Waals surface area contributed by atoms with Gasteiger partial charge in [-0.2, -0.15) is 0 Å². The first kappa shape index (κ1) is 14.5. The largest absolute Gasteiger partial charge is 0.278 e. The van der Waals surface area contributed by atoms with Crippen molar-refractivity contribution in [2.24, 2.45) is 0 Å². The highest BCUT2D eigenvalue weighted by Crippen LogP contribution is 2.27. The van der Waals surface area contributed by atoms with Crippen LogP contribution in [0.5, 0.6) is 0 Å². The molecule has 5 heteroatoms. The Kier molecular flexibility index (Phi) is 4.22. The van der Waals surface area contributed by atoms with E-state index in [1.54, 1.807) is 0 Å². The van der Waals surface area contributed by atoms with Gasteiger partial charge in [0.1, 0.15) is 5.82 Å². The van der Waals surface area contributed by atoms with Gasteiger partial charge in [0.05, 0.1) is 5.33 Å². The number of hydrogen-bond acceptors (Lipinski definition) is 2. The molecule has 106 valence electrons. The van der Waals surface area contributed by atoms with Crippen molar-refractivity contribution < 1.29 is 0 Å². The zero-order chi connectivity index (χ0) is 14.8. The molecule has 0 fully saturated rings. The molecule has 0 aliphatic heterocycles. The third kappa shape index (κ3) is 2.94. The molecular formula is C16H13Br2N3. The van der Waals surface area contributed by atoms with Crippen LogP contribution in [0.2, 0.25) is 0 Å². The maximum Gasteiger partial charge on any atom is 0.168 e. The van der Waals surface area contributed by atoms with Gasteiger partial charge in [-0.15, -0.1) is 10.2 Å². The molecule has 0 radical (unpaired) electrons. The van der Waals surface area contributed by atoms with E-state index in [1.807, 2.05) is 18.2 Å². The lowest BCUT2D eigenvalue weighted by molar-refractivity contribution is 0.962. The minimum absolute atomic E-state index is 0.655. The third-order valence-corrected chi connectivity index (χ3v) is 4.12. The molecule has 0 saturated carbocycles. The molecule has 0 saturated heterocycles. The lowest BCUT2D eigenvalue weighted by Crippen LogP contribution is -2.01. The molecule has 3 nitrogen and oxygen atoms in total. The number of halogens is 2. The lowest BCUT2D eigenvalue weighted by Gasteiger charge is -2.10. The van der Waals surface area contributed by atoms with Crippen molar-refractivity contribution in [2.75, 3.05) is 0 Å². The number of alkyl halides is 1. The second-order valence-electron chi connectivity index (χ2n) is 4.76. The van der Waals surface area contributed by atoms with Crippen LogP contribution in [0.4, 0.5) is 0 Å². The van der Waals surface area contributed by atoms with Gasteiger partial charge in [0.25, 0.3) is 0 Å². The van der Waals surface area contributed by atoms with Crippen LogP contribution in [0, 0.1) is 6.92 Å². The fraction of sp³-hybridized carbons (Fsp3) is 0.125. The Hall–Kier alpha value is -1.46. The molecule has 0 aliphatic carbocycles. The summed E-state index contributed by atoms with van der Waals surface area (Å²) in [6.45, 7) is 2.07. The minimum Gasteiger partial charge on any atom is -0.278 e. The molecule has 21 heavy (non-hydrogen) atoms. The predicted molar refractivity (Wildman–Crippen MR) is 91.9 cm³/mol. The van der Waals surface area contributed by atoms with Gasteiger partial charge in [-0.1, -0.05) is 50.1 Å². The van der Waals surface area contributed by atoms with Crippen molar-refractivity contribution in [2.45, 2.75) is 12.3 Å². The first-order chi connectivity index (χ1) is 10.2. The van der Waals surface area contributed by atoms with E-state index in [1.165, 1.54) is 5.56 Å². The Morgan fingerprint density at radius 2 is 1.81 bits per heavy atom. The molecule has 0 aliphatic rings. The van der Waals surface area contributed by atoms with Crippen LogP contribution in [-0.4, -0.2) is 14.8 Å². The molecule has 0 amide bonds. The highest BCUT2D eigenvalue weighted by Gasteiger charge is 2.15. The van der Waals surface area contributed by atoms with E-state index in [0.717, 1.165) is 27.4 Å². The van der Waals surface area contributed by atoms with Gasteiger partial charge in [0, 0.05) is 15.7 Å². The van der Waals surface area contributed by atoms with Gasteiger partial charge >= 0.3 is 0 Å². The molecule has 0 atom stereocenters. The second-order valence-corrected chi connectivity index (χ2v) is 6.24. The van der Waals surface area contributed by atoms with E-state index in [9.17, 15) is 0 Å². The van der Waals surface area contributed by atoms with Crippen molar-refractivity contribution in [3.63, 3.8) is 0 Å². The molecule has 0 N–H and O–H groups in total. The molecule has 2 aromatic carbocycles. The standard InChI is InChI=1S/C16H13Br2N3/c1-11-7-12(9-13(18)8-11)16-20-19-15(10-17)21(16)14-5-3-2-4-6-14/h2-9H,10H2,1H3. The van der Waals surface area contributed by atoms with E-state index in [0.29, 0.717) is 5.33 Å². The van der Waals surface area contributed by atoms with Crippen LogP contribution >= 0.6 is 31.9 Å². The van der Waals surface area contributed by atoms with E-state index < -0.39 is 0 Å². The van der Waals surface area contributed by atoms with E-state index in [-0.39, 0.29) is 0 Å². The Balaban J connectivity index is 2.22. The monoisotopic (exact) mass is 405 g/mol. The van der Waals surface area contributed by atoms with E-state index >= 15 is 0 Å². The van der Waals surface area contributed by atoms with Crippen LogP contribution in [0.15, 0.2) is 53.0 Å². The highest BCUT2D eigenvalue weighted by molar-refractivity contribution is 9.10. The summed E-state index contributed by atoms with van der Waals surface area (Å²) in [5, 5.41) is 9.33. The summed E-state index contributed by atoms with van der Waals surface area (Å²) < 4.78 is 3.12. The molecular weight excluding hydrogens is 394 g/mol. The summed E-state index contributed by atoms with van der Waals surface area (Å²) in [4.78, 5) is 0. The Morgan fingerprint density at radius 3 is 2.48 bits per heavy atom. The average Bonchev–Trinajstić information content (AvgIpc) is 2.91. The van der Waals surface area contributed by atoms with Gasteiger partial charge in [0.15, 0.2) is 5.82 Å². The fourth-order valence-electron chi connectivity index (χ4n) is 2.30. The second kappa shape index (κ2) is 6.12. The maximum absolute atomic E-state index is 4.38. The number of benzene rings is 2. The SMILES string of the molecule is Cc1cc(Br)cc(-c2nnc(CBr)n2-c2ccccc2)c1. The number of hydrogen-bond donors (Lipinski definition) is 0. The van der Waals surface area contributed by atoms with Crippen molar-refractivity contribution in [3.8, 4) is 17.1 Å². The van der Waals surface area contributed by atoms with Crippen molar-refractivity contribution in [3.05, 3.63) is 64.4 Å². The lowest BCUT2D eigenvalue weighted by atomic mass is 10.1.